The van der Waals surface area contributed by atoms with Crippen LogP contribution < -0.4 is 0 Å². The largest absolute Gasteiger partial charge is 0.393 e. The van der Waals surface area contributed by atoms with Gasteiger partial charge in [-0.1, -0.05) is 28.1 Å². The van der Waals surface area contributed by atoms with E-state index in [0.717, 1.165) is 42.5 Å². The van der Waals surface area contributed by atoms with Crippen molar-refractivity contribution in [3.05, 3.63) is 34.3 Å². The van der Waals surface area contributed by atoms with Crippen molar-refractivity contribution in [2.24, 2.45) is 0 Å². The molecule has 0 bridgehead atoms. The van der Waals surface area contributed by atoms with Crippen LogP contribution in [0.5, 0.6) is 0 Å². The zero-order valence-corrected chi connectivity index (χ0v) is 11.9. The van der Waals surface area contributed by atoms with Crippen LogP contribution in [0.25, 0.3) is 0 Å². The Morgan fingerprint density at radius 1 is 1.39 bits per heavy atom. The number of rotatable bonds is 4. The van der Waals surface area contributed by atoms with E-state index in [0.29, 0.717) is 6.42 Å². The summed E-state index contributed by atoms with van der Waals surface area (Å²) in [6, 6.07) is 7.52. The number of hydrogen-bond donors (Lipinski definition) is 1. The minimum absolute atomic E-state index is 0.151. The Morgan fingerprint density at radius 3 is 2.78 bits per heavy atom. The summed E-state index contributed by atoms with van der Waals surface area (Å²) in [5.41, 5.74) is 0.765. The van der Waals surface area contributed by atoms with Crippen molar-refractivity contribution in [2.45, 2.75) is 25.4 Å². The summed E-state index contributed by atoms with van der Waals surface area (Å²) in [7, 11) is 0. The Hall–Kier alpha value is -0.710. The molecule has 3 nitrogen and oxygen atoms in total. The van der Waals surface area contributed by atoms with Crippen molar-refractivity contribution in [1.82, 2.24) is 4.90 Å². The molecular formula is C14H18BrNO2. The quantitative estimate of drug-likeness (QED) is 0.868. The molecule has 0 spiro atoms. The number of aliphatic hydroxyl groups is 1. The molecule has 1 saturated heterocycles. The summed E-state index contributed by atoms with van der Waals surface area (Å²) < 4.78 is 0.939. The lowest BCUT2D eigenvalue weighted by Gasteiger charge is -2.29. The molecule has 0 saturated carbocycles. The second-order valence-corrected chi connectivity index (χ2v) is 5.67. The van der Waals surface area contributed by atoms with Crippen LogP contribution in [0, 0.1) is 0 Å². The van der Waals surface area contributed by atoms with Crippen molar-refractivity contribution < 1.29 is 9.90 Å². The number of nitrogens with zero attached hydrogens (tertiary/aromatic N) is 1. The Kier molecular flexibility index (Phi) is 4.92. The van der Waals surface area contributed by atoms with Gasteiger partial charge >= 0.3 is 0 Å². The monoisotopic (exact) mass is 311 g/mol. The first-order valence-corrected chi connectivity index (χ1v) is 7.13. The van der Waals surface area contributed by atoms with E-state index in [4.69, 9.17) is 0 Å². The molecule has 1 aromatic carbocycles. The molecule has 0 aromatic heterocycles. The van der Waals surface area contributed by atoms with Gasteiger partial charge in [-0.15, -0.1) is 0 Å². The number of aliphatic hydroxyl groups excluding tert-OH is 1. The van der Waals surface area contributed by atoms with Gasteiger partial charge in [0.25, 0.3) is 0 Å². The summed E-state index contributed by atoms with van der Waals surface area (Å²) in [5.74, 6) is 0.183. The number of Topliss-reactive ketones (excluding diaryl/α,β-unsaturated/α-hetero) is 1. The topological polar surface area (TPSA) is 40.5 Å². The molecule has 1 fully saturated rings. The Morgan fingerprint density at radius 2 is 2.11 bits per heavy atom. The summed E-state index contributed by atoms with van der Waals surface area (Å²) in [6.07, 6.45) is 2.05. The molecule has 4 heteroatoms. The SMILES string of the molecule is O=C(CCN1CCC(O)CC1)c1cccc(Br)c1. The van der Waals surface area contributed by atoms with Crippen LogP contribution in [0.3, 0.4) is 0 Å². The Balaban J connectivity index is 1.81. The average molecular weight is 312 g/mol. The zero-order chi connectivity index (χ0) is 13.0. The fourth-order valence-electron chi connectivity index (χ4n) is 2.21. The van der Waals surface area contributed by atoms with E-state index in [9.17, 15) is 9.90 Å². The normalized spacial score (nSPS) is 17.9. The van der Waals surface area contributed by atoms with Crippen molar-refractivity contribution in [3.8, 4) is 0 Å². The maximum atomic E-state index is 12.0. The van der Waals surface area contributed by atoms with Crippen LogP contribution in [-0.4, -0.2) is 41.5 Å². The van der Waals surface area contributed by atoms with Gasteiger partial charge < -0.3 is 10.0 Å². The lowest BCUT2D eigenvalue weighted by molar-refractivity contribution is 0.0778. The number of ketones is 1. The molecule has 1 aromatic rings. The lowest BCUT2D eigenvalue weighted by Crippen LogP contribution is -2.37. The fraction of sp³-hybridized carbons (Fsp3) is 0.500. The summed E-state index contributed by atoms with van der Waals surface area (Å²) in [6.45, 7) is 2.58. The molecular weight excluding hydrogens is 294 g/mol. The van der Waals surface area contributed by atoms with Gasteiger partial charge in [0.2, 0.25) is 0 Å². The summed E-state index contributed by atoms with van der Waals surface area (Å²) >= 11 is 3.37. The fourth-order valence-corrected chi connectivity index (χ4v) is 2.61. The van der Waals surface area contributed by atoms with Crippen LogP contribution in [0.15, 0.2) is 28.7 Å². The minimum atomic E-state index is -0.151. The number of halogens is 1. The highest BCUT2D eigenvalue weighted by atomic mass is 79.9. The van der Waals surface area contributed by atoms with E-state index in [1.807, 2.05) is 24.3 Å². The maximum absolute atomic E-state index is 12.0. The van der Waals surface area contributed by atoms with Crippen LogP contribution in [-0.2, 0) is 0 Å². The van der Waals surface area contributed by atoms with Crippen molar-refractivity contribution in [2.75, 3.05) is 19.6 Å². The highest BCUT2D eigenvalue weighted by Crippen LogP contribution is 2.14. The minimum Gasteiger partial charge on any atom is -0.393 e. The lowest BCUT2D eigenvalue weighted by atomic mass is 10.1. The van der Waals surface area contributed by atoms with Gasteiger partial charge in [-0.2, -0.15) is 0 Å². The van der Waals surface area contributed by atoms with Gasteiger partial charge in [-0.25, -0.2) is 0 Å². The highest BCUT2D eigenvalue weighted by Gasteiger charge is 2.17. The molecule has 0 amide bonds. The molecule has 1 aliphatic heterocycles. The second-order valence-electron chi connectivity index (χ2n) is 4.76. The van der Waals surface area contributed by atoms with E-state index >= 15 is 0 Å². The predicted molar refractivity (Wildman–Crippen MR) is 74.8 cm³/mol. The van der Waals surface area contributed by atoms with Crippen LogP contribution in [0.1, 0.15) is 29.6 Å². The van der Waals surface area contributed by atoms with E-state index < -0.39 is 0 Å². The molecule has 1 N–H and O–H groups in total. The number of benzene rings is 1. The Labute approximate surface area is 116 Å². The summed E-state index contributed by atoms with van der Waals surface area (Å²) in [4.78, 5) is 14.3. The van der Waals surface area contributed by atoms with Gasteiger partial charge in [0.15, 0.2) is 5.78 Å². The Bertz CT molecular complexity index is 414. The second kappa shape index (κ2) is 6.45. The number of hydrogen-bond acceptors (Lipinski definition) is 3. The van der Waals surface area contributed by atoms with E-state index in [1.165, 1.54) is 0 Å². The molecule has 1 aliphatic rings. The molecule has 0 radical (unpaired) electrons. The predicted octanol–water partition coefficient (Wildman–Crippen LogP) is 2.48. The number of likely N-dealkylation sites (tertiary alicyclic amines) is 1. The third-order valence-electron chi connectivity index (χ3n) is 3.36. The van der Waals surface area contributed by atoms with Crippen molar-refractivity contribution in [3.63, 3.8) is 0 Å². The smallest absolute Gasteiger partial charge is 0.164 e. The molecule has 0 atom stereocenters. The van der Waals surface area contributed by atoms with E-state index in [2.05, 4.69) is 20.8 Å². The standard InChI is InChI=1S/C14H18BrNO2/c15-12-3-1-2-11(10-12)14(18)6-9-16-7-4-13(17)5-8-16/h1-3,10,13,17H,4-9H2. The first-order chi connectivity index (χ1) is 8.65. The van der Waals surface area contributed by atoms with Gasteiger partial charge in [0, 0.05) is 36.1 Å². The van der Waals surface area contributed by atoms with Crippen LogP contribution in [0.2, 0.25) is 0 Å². The van der Waals surface area contributed by atoms with Crippen LogP contribution in [0.4, 0.5) is 0 Å². The first-order valence-electron chi connectivity index (χ1n) is 6.34. The summed E-state index contributed by atoms with van der Waals surface area (Å²) in [5, 5.41) is 9.41. The molecule has 18 heavy (non-hydrogen) atoms. The third kappa shape index (κ3) is 3.90. The molecule has 0 aliphatic carbocycles. The maximum Gasteiger partial charge on any atom is 0.164 e. The van der Waals surface area contributed by atoms with E-state index in [-0.39, 0.29) is 11.9 Å². The molecule has 0 unspecified atom stereocenters. The van der Waals surface area contributed by atoms with Crippen molar-refractivity contribution in [1.29, 1.82) is 0 Å². The molecule has 1 heterocycles. The number of piperidine rings is 1. The number of carbonyl (C=O) groups excluding carboxylic acids is 1. The van der Waals surface area contributed by atoms with Gasteiger partial charge in [-0.3, -0.25) is 4.79 Å². The van der Waals surface area contributed by atoms with Gasteiger partial charge in [-0.05, 0) is 25.0 Å². The highest BCUT2D eigenvalue weighted by molar-refractivity contribution is 9.10. The van der Waals surface area contributed by atoms with E-state index in [1.54, 1.807) is 0 Å². The average Bonchev–Trinajstić information content (AvgIpc) is 2.38. The zero-order valence-electron chi connectivity index (χ0n) is 10.3. The van der Waals surface area contributed by atoms with Gasteiger partial charge in [0.1, 0.15) is 0 Å². The third-order valence-corrected chi connectivity index (χ3v) is 3.85. The molecule has 2 rings (SSSR count). The van der Waals surface area contributed by atoms with Crippen LogP contribution >= 0.6 is 15.9 Å². The number of carbonyl (C=O) groups is 1. The van der Waals surface area contributed by atoms with Crippen molar-refractivity contribution >= 4 is 21.7 Å². The molecule has 98 valence electrons. The first kappa shape index (κ1) is 13.7. The van der Waals surface area contributed by atoms with Gasteiger partial charge in [0.05, 0.1) is 6.10 Å².